The van der Waals surface area contributed by atoms with Crippen molar-refractivity contribution in [2.45, 2.75) is 31.0 Å². The molecule has 2 unspecified atom stereocenters. The van der Waals surface area contributed by atoms with Crippen LogP contribution < -0.4 is 0 Å². The third kappa shape index (κ3) is 3.18. The number of benzene rings is 1. The Morgan fingerprint density at radius 2 is 1.93 bits per heavy atom. The summed E-state index contributed by atoms with van der Waals surface area (Å²) in [7, 11) is 3.67. The van der Waals surface area contributed by atoms with Gasteiger partial charge in [-0.3, -0.25) is 19.4 Å². The molecule has 1 amide bonds. The first-order chi connectivity index (χ1) is 14.7. The summed E-state index contributed by atoms with van der Waals surface area (Å²) in [5, 5.41) is 5.44. The average Bonchev–Trinajstić information content (AvgIpc) is 3.11. The lowest BCUT2D eigenvalue weighted by Gasteiger charge is -2.52. The zero-order valence-corrected chi connectivity index (χ0v) is 17.4. The van der Waals surface area contributed by atoms with Crippen LogP contribution >= 0.6 is 0 Å². The zero-order chi connectivity index (χ0) is 20.7. The number of nitrogens with zero attached hydrogens (tertiary/aromatic N) is 5. The molecular formula is C23H27N5O2. The number of aryl methyl sites for hydroxylation is 1. The van der Waals surface area contributed by atoms with Crippen LogP contribution in [-0.4, -0.2) is 69.4 Å². The molecule has 7 heteroatoms. The molecule has 7 nitrogen and oxygen atoms in total. The standard InChI is InChI=1S/C23H27N5O2/c1-26-19-8-4-3-7-18(19)21(25-26)23(29)27-12-9-17(10-13-27)28-15-20(30-2)22(28)16-6-5-11-24-14-16/h3-8,11,14,17,20,22H,9-10,12-13,15H2,1-2H3. The Hall–Kier alpha value is -2.77. The third-order valence-electron chi connectivity index (χ3n) is 6.61. The van der Waals surface area contributed by atoms with E-state index >= 15 is 0 Å². The van der Waals surface area contributed by atoms with Gasteiger partial charge in [0, 0.05) is 57.6 Å². The molecule has 30 heavy (non-hydrogen) atoms. The summed E-state index contributed by atoms with van der Waals surface area (Å²) in [4.78, 5) is 21.9. The van der Waals surface area contributed by atoms with Crippen molar-refractivity contribution in [2.75, 3.05) is 26.7 Å². The number of likely N-dealkylation sites (tertiary alicyclic amines) is 2. The molecule has 2 aromatic heterocycles. The second kappa shape index (κ2) is 7.81. The molecule has 4 heterocycles. The highest BCUT2D eigenvalue weighted by Crippen LogP contribution is 2.39. The Morgan fingerprint density at radius 1 is 1.13 bits per heavy atom. The van der Waals surface area contributed by atoms with Crippen molar-refractivity contribution in [3.05, 3.63) is 60.0 Å². The van der Waals surface area contributed by atoms with Crippen LogP contribution in [0.25, 0.3) is 10.9 Å². The van der Waals surface area contributed by atoms with Crippen molar-refractivity contribution in [1.29, 1.82) is 0 Å². The molecule has 0 bridgehead atoms. The fourth-order valence-corrected chi connectivity index (χ4v) is 4.96. The van der Waals surface area contributed by atoms with E-state index < -0.39 is 0 Å². The summed E-state index contributed by atoms with van der Waals surface area (Å²) in [6, 6.07) is 12.7. The molecule has 2 saturated heterocycles. The Kier molecular flexibility index (Phi) is 5.00. The van der Waals surface area contributed by atoms with Crippen molar-refractivity contribution in [3.8, 4) is 0 Å². The van der Waals surface area contributed by atoms with Crippen LogP contribution in [0, 0.1) is 0 Å². The minimum atomic E-state index is 0.0347. The highest BCUT2D eigenvalue weighted by molar-refractivity contribution is 6.04. The number of methoxy groups -OCH3 is 1. The monoisotopic (exact) mass is 405 g/mol. The molecular weight excluding hydrogens is 378 g/mol. The highest BCUT2D eigenvalue weighted by atomic mass is 16.5. The van der Waals surface area contributed by atoms with E-state index in [0.717, 1.165) is 43.4 Å². The molecule has 2 aliphatic rings. The zero-order valence-electron chi connectivity index (χ0n) is 17.4. The van der Waals surface area contributed by atoms with E-state index in [1.807, 2.05) is 48.5 Å². The summed E-state index contributed by atoms with van der Waals surface area (Å²) < 4.78 is 7.48. The van der Waals surface area contributed by atoms with Crippen molar-refractivity contribution in [2.24, 2.45) is 7.05 Å². The van der Waals surface area contributed by atoms with Gasteiger partial charge < -0.3 is 9.64 Å². The lowest BCUT2D eigenvalue weighted by atomic mass is 9.87. The number of pyridine rings is 1. The fraction of sp³-hybridized carbons (Fsp3) is 0.435. The van der Waals surface area contributed by atoms with Gasteiger partial charge in [0.15, 0.2) is 5.69 Å². The minimum Gasteiger partial charge on any atom is -0.378 e. The summed E-state index contributed by atoms with van der Waals surface area (Å²) in [5.74, 6) is 0.0347. The van der Waals surface area contributed by atoms with Crippen LogP contribution in [-0.2, 0) is 11.8 Å². The van der Waals surface area contributed by atoms with Gasteiger partial charge in [0.25, 0.3) is 5.91 Å². The second-order valence-electron chi connectivity index (χ2n) is 8.21. The normalized spacial score (nSPS) is 22.9. The lowest BCUT2D eigenvalue weighted by molar-refractivity contribution is -0.115. The molecule has 0 saturated carbocycles. The molecule has 156 valence electrons. The van der Waals surface area contributed by atoms with Gasteiger partial charge in [-0.2, -0.15) is 5.10 Å². The number of hydrogen-bond acceptors (Lipinski definition) is 5. The van der Waals surface area contributed by atoms with Crippen LogP contribution in [0.1, 0.15) is 34.9 Å². The van der Waals surface area contributed by atoms with Crippen LogP contribution in [0.4, 0.5) is 0 Å². The maximum atomic E-state index is 13.2. The second-order valence-corrected chi connectivity index (χ2v) is 8.21. The van der Waals surface area contributed by atoms with Gasteiger partial charge in [0.05, 0.1) is 17.7 Å². The number of fused-ring (bicyclic) bond motifs is 1. The number of rotatable bonds is 4. The number of amides is 1. The Bertz CT molecular complexity index is 1040. The quantitative estimate of drug-likeness (QED) is 0.668. The number of ether oxygens (including phenoxy) is 1. The number of carbonyl (C=O) groups excluding carboxylic acids is 1. The van der Waals surface area contributed by atoms with Crippen LogP contribution in [0.2, 0.25) is 0 Å². The third-order valence-corrected chi connectivity index (χ3v) is 6.61. The highest BCUT2D eigenvalue weighted by Gasteiger charge is 2.44. The Labute approximate surface area is 176 Å². The van der Waals surface area contributed by atoms with E-state index in [-0.39, 0.29) is 18.1 Å². The van der Waals surface area contributed by atoms with Gasteiger partial charge in [0.1, 0.15) is 0 Å². The van der Waals surface area contributed by atoms with Crippen LogP contribution in [0.15, 0.2) is 48.8 Å². The van der Waals surface area contributed by atoms with Crippen molar-refractivity contribution < 1.29 is 9.53 Å². The van der Waals surface area contributed by atoms with E-state index in [2.05, 4.69) is 21.0 Å². The topological polar surface area (TPSA) is 63.5 Å². The summed E-state index contributed by atoms with van der Waals surface area (Å²) in [5.41, 5.74) is 2.75. The predicted molar refractivity (Wildman–Crippen MR) is 114 cm³/mol. The van der Waals surface area contributed by atoms with E-state index in [1.165, 1.54) is 5.56 Å². The number of carbonyl (C=O) groups is 1. The first-order valence-electron chi connectivity index (χ1n) is 10.6. The summed E-state index contributed by atoms with van der Waals surface area (Å²) >= 11 is 0. The maximum absolute atomic E-state index is 13.2. The van der Waals surface area contributed by atoms with E-state index in [1.54, 1.807) is 18.0 Å². The summed E-state index contributed by atoms with van der Waals surface area (Å²) in [6.07, 6.45) is 5.87. The molecule has 2 aliphatic heterocycles. The summed E-state index contributed by atoms with van der Waals surface area (Å²) in [6.45, 7) is 2.43. The van der Waals surface area contributed by atoms with Crippen molar-refractivity contribution >= 4 is 16.8 Å². The molecule has 3 aromatic rings. The number of hydrogen-bond donors (Lipinski definition) is 0. The van der Waals surface area contributed by atoms with Crippen molar-refractivity contribution in [1.82, 2.24) is 24.6 Å². The number of piperidine rings is 1. The van der Waals surface area contributed by atoms with Crippen LogP contribution in [0.3, 0.4) is 0 Å². The molecule has 0 radical (unpaired) electrons. The van der Waals surface area contributed by atoms with E-state index in [0.29, 0.717) is 11.7 Å². The number of para-hydroxylation sites is 1. The molecule has 1 aromatic carbocycles. The van der Waals surface area contributed by atoms with Gasteiger partial charge >= 0.3 is 0 Å². The molecule has 0 aliphatic carbocycles. The first kappa shape index (κ1) is 19.2. The Morgan fingerprint density at radius 3 is 2.67 bits per heavy atom. The average molecular weight is 406 g/mol. The van der Waals surface area contributed by atoms with Gasteiger partial charge in [-0.05, 0) is 30.5 Å². The predicted octanol–water partition coefficient (Wildman–Crippen LogP) is 2.64. The van der Waals surface area contributed by atoms with Gasteiger partial charge in [-0.1, -0.05) is 24.3 Å². The van der Waals surface area contributed by atoms with Gasteiger partial charge in [-0.25, -0.2) is 0 Å². The van der Waals surface area contributed by atoms with Gasteiger partial charge in [-0.15, -0.1) is 0 Å². The Balaban J connectivity index is 1.28. The van der Waals surface area contributed by atoms with Crippen molar-refractivity contribution in [3.63, 3.8) is 0 Å². The molecule has 2 atom stereocenters. The first-order valence-corrected chi connectivity index (χ1v) is 10.6. The lowest BCUT2D eigenvalue weighted by Crippen LogP contribution is -2.60. The minimum absolute atomic E-state index is 0.0347. The van der Waals surface area contributed by atoms with Gasteiger partial charge in [0.2, 0.25) is 0 Å². The SMILES string of the molecule is COC1CN(C2CCN(C(=O)c3nn(C)c4ccccc34)CC2)C1c1cccnc1. The molecule has 2 fully saturated rings. The fourth-order valence-electron chi connectivity index (χ4n) is 4.96. The molecule has 5 rings (SSSR count). The van der Waals surface area contributed by atoms with E-state index in [9.17, 15) is 4.79 Å². The molecule has 0 spiro atoms. The van der Waals surface area contributed by atoms with E-state index in [4.69, 9.17) is 4.74 Å². The van der Waals surface area contributed by atoms with Crippen LogP contribution in [0.5, 0.6) is 0 Å². The molecule has 0 N–H and O–H groups in total. The largest absolute Gasteiger partial charge is 0.378 e. The number of aromatic nitrogens is 3. The maximum Gasteiger partial charge on any atom is 0.275 e. The smallest absolute Gasteiger partial charge is 0.275 e.